The van der Waals surface area contributed by atoms with Crippen molar-refractivity contribution in [2.24, 2.45) is 5.41 Å². The standard InChI is InChI=1S/C19H25F3N2OS/c1-18(2,3)12-24(13-19(20,21)22)17(25)11-7-6-10-16-23-14-8-4-5-9-15(14)26-16/h4-5,8-9H,6-7,10-13H2,1-3H3. The first-order chi connectivity index (χ1) is 12.0. The summed E-state index contributed by atoms with van der Waals surface area (Å²) in [5.41, 5.74) is 0.590. The molecule has 0 saturated heterocycles. The highest BCUT2D eigenvalue weighted by atomic mass is 32.1. The van der Waals surface area contributed by atoms with Crippen molar-refractivity contribution in [3.8, 4) is 0 Å². The van der Waals surface area contributed by atoms with Crippen molar-refractivity contribution in [1.82, 2.24) is 9.88 Å². The van der Waals surface area contributed by atoms with Crippen LogP contribution in [0.4, 0.5) is 13.2 Å². The lowest BCUT2D eigenvalue weighted by Gasteiger charge is -2.30. The van der Waals surface area contributed by atoms with Gasteiger partial charge in [0.15, 0.2) is 0 Å². The van der Waals surface area contributed by atoms with Crippen molar-refractivity contribution < 1.29 is 18.0 Å². The van der Waals surface area contributed by atoms with Gasteiger partial charge in [0, 0.05) is 13.0 Å². The van der Waals surface area contributed by atoms with Crippen LogP contribution in [-0.2, 0) is 11.2 Å². The maximum absolute atomic E-state index is 12.8. The number of aryl methyl sites for hydroxylation is 1. The molecule has 1 aromatic heterocycles. The van der Waals surface area contributed by atoms with Crippen molar-refractivity contribution in [3.63, 3.8) is 0 Å². The number of hydrogen-bond donors (Lipinski definition) is 0. The molecule has 0 N–H and O–H groups in total. The molecule has 0 unspecified atom stereocenters. The maximum Gasteiger partial charge on any atom is 0.406 e. The molecular formula is C19H25F3N2OS. The number of carbonyl (C=O) groups excluding carboxylic acids is 1. The Morgan fingerprint density at radius 1 is 1.12 bits per heavy atom. The van der Waals surface area contributed by atoms with Gasteiger partial charge in [-0.15, -0.1) is 11.3 Å². The van der Waals surface area contributed by atoms with E-state index >= 15 is 0 Å². The fourth-order valence-electron chi connectivity index (χ4n) is 2.76. The van der Waals surface area contributed by atoms with Gasteiger partial charge in [-0.3, -0.25) is 4.79 Å². The molecule has 1 aromatic carbocycles. The Morgan fingerprint density at radius 2 is 1.81 bits per heavy atom. The largest absolute Gasteiger partial charge is 0.406 e. The third-order valence-electron chi connectivity index (χ3n) is 3.76. The lowest BCUT2D eigenvalue weighted by molar-refractivity contribution is -0.163. The van der Waals surface area contributed by atoms with Crippen molar-refractivity contribution in [2.45, 2.75) is 52.6 Å². The van der Waals surface area contributed by atoms with E-state index in [0.717, 1.165) is 33.0 Å². The summed E-state index contributed by atoms with van der Waals surface area (Å²) >= 11 is 1.62. The Morgan fingerprint density at radius 3 is 2.42 bits per heavy atom. The number of carbonyl (C=O) groups is 1. The Hall–Kier alpha value is -1.63. The number of unbranched alkanes of at least 4 members (excludes halogenated alkanes) is 1. The molecule has 2 aromatic rings. The van der Waals surface area contributed by atoms with E-state index in [4.69, 9.17) is 0 Å². The number of benzene rings is 1. The summed E-state index contributed by atoms with van der Waals surface area (Å²) in [6, 6.07) is 7.88. The third-order valence-corrected chi connectivity index (χ3v) is 4.85. The van der Waals surface area contributed by atoms with Crippen LogP contribution in [0, 0.1) is 5.41 Å². The smallest absolute Gasteiger partial charge is 0.333 e. The van der Waals surface area contributed by atoms with Gasteiger partial charge in [0.05, 0.1) is 15.2 Å². The van der Waals surface area contributed by atoms with Gasteiger partial charge in [-0.1, -0.05) is 32.9 Å². The van der Waals surface area contributed by atoms with Crippen molar-refractivity contribution in [3.05, 3.63) is 29.3 Å². The van der Waals surface area contributed by atoms with Crippen LogP contribution in [0.15, 0.2) is 24.3 Å². The van der Waals surface area contributed by atoms with Crippen molar-refractivity contribution in [2.75, 3.05) is 13.1 Å². The molecule has 7 heteroatoms. The second kappa shape index (κ2) is 8.37. The molecule has 3 nitrogen and oxygen atoms in total. The van der Waals surface area contributed by atoms with Crippen LogP contribution < -0.4 is 0 Å². The maximum atomic E-state index is 12.8. The molecule has 0 radical (unpaired) electrons. The number of alkyl halides is 3. The number of amides is 1. The summed E-state index contributed by atoms with van der Waals surface area (Å²) in [6.07, 6.45) is -2.20. The molecule has 26 heavy (non-hydrogen) atoms. The van der Waals surface area contributed by atoms with E-state index in [0.29, 0.717) is 6.42 Å². The number of para-hydroxylation sites is 1. The van der Waals surface area contributed by atoms with Crippen LogP contribution in [0.25, 0.3) is 10.2 Å². The SMILES string of the molecule is CC(C)(C)CN(CC(F)(F)F)C(=O)CCCCc1nc2ccccc2s1. The highest BCUT2D eigenvalue weighted by molar-refractivity contribution is 7.18. The first kappa shape index (κ1) is 20.7. The van der Waals surface area contributed by atoms with E-state index in [1.165, 1.54) is 0 Å². The number of aromatic nitrogens is 1. The lowest BCUT2D eigenvalue weighted by Crippen LogP contribution is -2.43. The summed E-state index contributed by atoms with van der Waals surface area (Å²) < 4.78 is 39.4. The predicted octanol–water partition coefficient (Wildman–Crippen LogP) is 5.45. The van der Waals surface area contributed by atoms with Crippen LogP contribution in [0.2, 0.25) is 0 Å². The molecule has 1 amide bonds. The van der Waals surface area contributed by atoms with Crippen LogP contribution >= 0.6 is 11.3 Å². The van der Waals surface area contributed by atoms with Gasteiger partial charge < -0.3 is 4.90 Å². The van der Waals surface area contributed by atoms with Crippen LogP contribution in [-0.4, -0.2) is 35.1 Å². The van der Waals surface area contributed by atoms with E-state index in [2.05, 4.69) is 4.98 Å². The minimum atomic E-state index is -4.37. The Kier molecular flexibility index (Phi) is 6.66. The molecule has 0 aliphatic rings. The fraction of sp³-hybridized carbons (Fsp3) is 0.579. The van der Waals surface area contributed by atoms with E-state index in [-0.39, 0.29) is 18.4 Å². The predicted molar refractivity (Wildman–Crippen MR) is 99.3 cm³/mol. The molecular weight excluding hydrogens is 361 g/mol. The molecule has 0 aliphatic heterocycles. The average molecular weight is 386 g/mol. The summed E-state index contributed by atoms with van der Waals surface area (Å²) in [5.74, 6) is -0.429. The zero-order chi connectivity index (χ0) is 19.4. The zero-order valence-electron chi connectivity index (χ0n) is 15.4. The minimum absolute atomic E-state index is 0.100. The molecule has 0 spiro atoms. The van der Waals surface area contributed by atoms with Crippen molar-refractivity contribution in [1.29, 1.82) is 0 Å². The molecule has 2 rings (SSSR count). The number of thiazole rings is 1. The molecule has 1 heterocycles. The van der Waals surface area contributed by atoms with Gasteiger partial charge >= 0.3 is 6.18 Å². The summed E-state index contributed by atoms with van der Waals surface area (Å²) in [7, 11) is 0. The summed E-state index contributed by atoms with van der Waals surface area (Å²) in [6.45, 7) is 4.41. The number of hydrogen-bond acceptors (Lipinski definition) is 3. The van der Waals surface area contributed by atoms with Gasteiger partial charge in [-0.25, -0.2) is 4.98 Å². The molecule has 0 aliphatic carbocycles. The molecule has 0 bridgehead atoms. The van der Waals surface area contributed by atoms with Gasteiger partial charge in [-0.2, -0.15) is 13.2 Å². The van der Waals surface area contributed by atoms with Crippen LogP contribution in [0.5, 0.6) is 0 Å². The Labute approximate surface area is 156 Å². The lowest BCUT2D eigenvalue weighted by atomic mass is 9.95. The average Bonchev–Trinajstić information content (AvgIpc) is 2.90. The molecule has 144 valence electrons. The number of rotatable bonds is 7. The normalized spacial score (nSPS) is 12.5. The topological polar surface area (TPSA) is 33.2 Å². The monoisotopic (exact) mass is 386 g/mol. The van der Waals surface area contributed by atoms with E-state index in [1.807, 2.05) is 45.0 Å². The van der Waals surface area contributed by atoms with Crippen molar-refractivity contribution >= 4 is 27.5 Å². The molecule has 0 saturated carbocycles. The summed E-state index contributed by atoms with van der Waals surface area (Å²) in [5, 5.41) is 1.00. The van der Waals surface area contributed by atoms with E-state index in [9.17, 15) is 18.0 Å². The first-order valence-electron chi connectivity index (χ1n) is 8.72. The van der Waals surface area contributed by atoms with E-state index in [1.54, 1.807) is 11.3 Å². The van der Waals surface area contributed by atoms with Gasteiger partial charge in [0.25, 0.3) is 0 Å². The van der Waals surface area contributed by atoms with Crippen LogP contribution in [0.1, 0.15) is 45.0 Å². The highest BCUT2D eigenvalue weighted by Gasteiger charge is 2.34. The second-order valence-electron chi connectivity index (χ2n) is 7.71. The fourth-order valence-corrected chi connectivity index (χ4v) is 3.77. The van der Waals surface area contributed by atoms with E-state index < -0.39 is 18.6 Å². The molecule has 0 fully saturated rings. The van der Waals surface area contributed by atoms with Gasteiger partial charge in [0.2, 0.25) is 5.91 Å². The zero-order valence-corrected chi connectivity index (χ0v) is 16.2. The Balaban J connectivity index is 1.84. The highest BCUT2D eigenvalue weighted by Crippen LogP contribution is 2.24. The third kappa shape index (κ3) is 6.94. The number of halogens is 3. The first-order valence-corrected chi connectivity index (χ1v) is 9.54. The second-order valence-corrected chi connectivity index (χ2v) is 8.82. The van der Waals surface area contributed by atoms with Crippen LogP contribution in [0.3, 0.4) is 0 Å². The quantitative estimate of drug-likeness (QED) is 0.593. The Bertz CT molecular complexity index is 685. The van der Waals surface area contributed by atoms with Gasteiger partial charge in [0.1, 0.15) is 6.54 Å². The number of nitrogens with zero attached hydrogens (tertiary/aromatic N) is 2. The minimum Gasteiger partial charge on any atom is -0.333 e. The summed E-state index contributed by atoms with van der Waals surface area (Å²) in [4.78, 5) is 17.7. The number of fused-ring (bicyclic) bond motifs is 1. The molecule has 0 atom stereocenters. The van der Waals surface area contributed by atoms with Gasteiger partial charge in [-0.05, 0) is 36.8 Å².